The summed E-state index contributed by atoms with van der Waals surface area (Å²) in [6.45, 7) is 0.575. The quantitative estimate of drug-likeness (QED) is 0.703. The van der Waals surface area contributed by atoms with Crippen molar-refractivity contribution in [1.29, 1.82) is 0 Å². The average molecular weight is 359 g/mol. The van der Waals surface area contributed by atoms with Crippen molar-refractivity contribution >= 4 is 45.8 Å². The normalized spacial score (nSPS) is 15.2. The summed E-state index contributed by atoms with van der Waals surface area (Å²) in [4.78, 5) is 17.3. The van der Waals surface area contributed by atoms with Gasteiger partial charge >= 0.3 is 0 Å². The number of phenols is 1. The topological polar surface area (TPSA) is 55.1 Å². The lowest BCUT2D eigenvalue weighted by atomic mass is 10.1. The fourth-order valence-electron chi connectivity index (χ4n) is 2.96. The average Bonchev–Trinajstić information content (AvgIpc) is 2.94. The van der Waals surface area contributed by atoms with Gasteiger partial charge in [-0.05, 0) is 47.9 Å². The molecule has 1 aliphatic rings. The van der Waals surface area contributed by atoms with E-state index in [1.165, 1.54) is 0 Å². The van der Waals surface area contributed by atoms with E-state index >= 15 is 0 Å². The molecule has 4 nitrogen and oxygen atoms in total. The third kappa shape index (κ3) is 2.48. The van der Waals surface area contributed by atoms with Crippen molar-refractivity contribution in [1.82, 2.24) is 9.55 Å². The number of rotatable bonds is 1. The minimum Gasteiger partial charge on any atom is -0.508 e. The fraction of sp³-hybridized carbons (Fsp3) is 0.111. The Morgan fingerprint density at radius 2 is 1.92 bits per heavy atom. The van der Waals surface area contributed by atoms with Crippen molar-refractivity contribution in [3.63, 3.8) is 0 Å². The SMILES string of the molecule is O=c1c2cc(Cl)cc(Cl)c2nc2n1CC/C2=C\c1ccc(O)cc1. The third-order valence-corrected chi connectivity index (χ3v) is 4.61. The molecule has 0 saturated heterocycles. The monoisotopic (exact) mass is 358 g/mol. The maximum atomic E-state index is 12.7. The largest absolute Gasteiger partial charge is 0.508 e. The van der Waals surface area contributed by atoms with Gasteiger partial charge in [0.2, 0.25) is 0 Å². The first-order valence-corrected chi connectivity index (χ1v) is 8.18. The van der Waals surface area contributed by atoms with Crippen molar-refractivity contribution in [3.8, 4) is 5.75 Å². The van der Waals surface area contributed by atoms with Crippen molar-refractivity contribution in [2.75, 3.05) is 0 Å². The smallest absolute Gasteiger partial charge is 0.261 e. The minimum absolute atomic E-state index is 0.131. The summed E-state index contributed by atoms with van der Waals surface area (Å²) < 4.78 is 1.65. The second-order valence-electron chi connectivity index (χ2n) is 5.69. The lowest BCUT2D eigenvalue weighted by Crippen LogP contribution is -2.20. The van der Waals surface area contributed by atoms with Crippen molar-refractivity contribution in [3.05, 3.63) is 68.2 Å². The van der Waals surface area contributed by atoms with E-state index in [1.54, 1.807) is 28.8 Å². The van der Waals surface area contributed by atoms with E-state index in [2.05, 4.69) is 4.98 Å². The van der Waals surface area contributed by atoms with Gasteiger partial charge in [-0.3, -0.25) is 9.36 Å². The first-order valence-electron chi connectivity index (χ1n) is 7.42. The van der Waals surface area contributed by atoms with Crippen LogP contribution in [-0.2, 0) is 6.54 Å². The Labute approximate surface area is 147 Å². The maximum absolute atomic E-state index is 12.7. The highest BCUT2D eigenvalue weighted by Gasteiger charge is 2.22. The Bertz CT molecular complexity index is 1050. The highest BCUT2D eigenvalue weighted by molar-refractivity contribution is 6.38. The number of benzene rings is 2. The van der Waals surface area contributed by atoms with E-state index in [9.17, 15) is 9.90 Å². The second kappa shape index (κ2) is 5.65. The number of allylic oxidation sites excluding steroid dienone is 1. The first-order chi connectivity index (χ1) is 11.5. The van der Waals surface area contributed by atoms with Crippen LogP contribution in [0.3, 0.4) is 0 Å². The summed E-state index contributed by atoms with van der Waals surface area (Å²) in [6, 6.07) is 10.1. The Morgan fingerprint density at radius 3 is 2.67 bits per heavy atom. The first kappa shape index (κ1) is 15.2. The van der Waals surface area contributed by atoms with Crippen LogP contribution in [0.1, 0.15) is 17.8 Å². The predicted octanol–water partition coefficient (Wildman–Crippen LogP) is 4.35. The summed E-state index contributed by atoms with van der Waals surface area (Å²) in [5.74, 6) is 0.845. The van der Waals surface area contributed by atoms with Crippen LogP contribution in [0.4, 0.5) is 0 Å². The molecule has 120 valence electrons. The molecule has 6 heteroatoms. The summed E-state index contributed by atoms with van der Waals surface area (Å²) in [5.41, 5.74) is 2.24. The number of nitrogens with zero attached hydrogens (tertiary/aromatic N) is 2. The number of aromatic nitrogens is 2. The highest BCUT2D eigenvalue weighted by Crippen LogP contribution is 2.31. The van der Waals surface area contributed by atoms with Gasteiger partial charge in [-0.2, -0.15) is 0 Å². The standard InChI is InChI=1S/C18H12Cl2N2O2/c19-12-8-14-16(15(20)9-12)21-17-11(5-6-22(17)18(14)24)7-10-1-3-13(23)4-2-10/h1-4,7-9,23H,5-6H2/b11-7+. The van der Waals surface area contributed by atoms with Gasteiger partial charge < -0.3 is 5.11 Å². The van der Waals surface area contributed by atoms with Crippen LogP contribution in [0.15, 0.2) is 41.2 Å². The molecular weight excluding hydrogens is 347 g/mol. The summed E-state index contributed by atoms with van der Waals surface area (Å²) in [6.07, 6.45) is 2.69. The van der Waals surface area contributed by atoms with Crippen LogP contribution in [-0.4, -0.2) is 14.7 Å². The highest BCUT2D eigenvalue weighted by atomic mass is 35.5. The molecule has 0 radical (unpaired) electrons. The molecule has 24 heavy (non-hydrogen) atoms. The molecule has 0 amide bonds. The van der Waals surface area contributed by atoms with Crippen LogP contribution in [0.2, 0.25) is 10.0 Å². The molecule has 0 saturated carbocycles. The van der Waals surface area contributed by atoms with E-state index in [4.69, 9.17) is 23.2 Å². The lowest BCUT2D eigenvalue weighted by Gasteiger charge is -2.07. The maximum Gasteiger partial charge on any atom is 0.261 e. The van der Waals surface area contributed by atoms with Gasteiger partial charge in [0.25, 0.3) is 5.56 Å². The van der Waals surface area contributed by atoms with Gasteiger partial charge in [0, 0.05) is 11.6 Å². The Morgan fingerprint density at radius 1 is 1.17 bits per heavy atom. The van der Waals surface area contributed by atoms with Gasteiger partial charge in [-0.25, -0.2) is 4.98 Å². The molecule has 0 bridgehead atoms. The van der Waals surface area contributed by atoms with Crippen molar-refractivity contribution in [2.24, 2.45) is 0 Å². The van der Waals surface area contributed by atoms with Gasteiger partial charge in [0.05, 0.1) is 15.9 Å². The Kier molecular flexibility index (Phi) is 3.59. The number of aromatic hydroxyl groups is 1. The Hall–Kier alpha value is -2.30. The molecule has 0 unspecified atom stereocenters. The van der Waals surface area contributed by atoms with Gasteiger partial charge in [0.1, 0.15) is 11.6 Å². The van der Waals surface area contributed by atoms with E-state index < -0.39 is 0 Å². The number of fused-ring (bicyclic) bond motifs is 2. The predicted molar refractivity (Wildman–Crippen MR) is 96.6 cm³/mol. The number of halogens is 2. The zero-order valence-corrected chi connectivity index (χ0v) is 14.0. The molecule has 1 aliphatic heterocycles. The van der Waals surface area contributed by atoms with Crippen molar-refractivity contribution in [2.45, 2.75) is 13.0 Å². The van der Waals surface area contributed by atoms with Gasteiger partial charge in [-0.15, -0.1) is 0 Å². The molecule has 2 aromatic carbocycles. The number of hydrogen-bond donors (Lipinski definition) is 1. The number of hydrogen-bond acceptors (Lipinski definition) is 3. The minimum atomic E-state index is -0.131. The number of phenolic OH excluding ortho intramolecular Hbond substituents is 1. The van der Waals surface area contributed by atoms with Gasteiger partial charge in [0.15, 0.2) is 0 Å². The second-order valence-corrected chi connectivity index (χ2v) is 6.53. The molecule has 0 atom stereocenters. The van der Waals surface area contributed by atoms with Crippen LogP contribution in [0, 0.1) is 0 Å². The van der Waals surface area contributed by atoms with Crippen LogP contribution in [0.5, 0.6) is 5.75 Å². The summed E-state index contributed by atoms with van der Waals surface area (Å²) in [7, 11) is 0. The molecule has 1 N–H and O–H groups in total. The van der Waals surface area contributed by atoms with Crippen LogP contribution in [0.25, 0.3) is 22.6 Å². The van der Waals surface area contributed by atoms with Crippen LogP contribution >= 0.6 is 23.2 Å². The van der Waals surface area contributed by atoms with E-state index in [-0.39, 0.29) is 11.3 Å². The zero-order chi connectivity index (χ0) is 16.8. The van der Waals surface area contributed by atoms with E-state index in [0.717, 1.165) is 11.1 Å². The van der Waals surface area contributed by atoms with Crippen LogP contribution < -0.4 is 5.56 Å². The molecule has 0 aliphatic carbocycles. The summed E-state index contributed by atoms with van der Waals surface area (Å²) >= 11 is 12.2. The zero-order valence-electron chi connectivity index (χ0n) is 12.5. The van der Waals surface area contributed by atoms with Crippen molar-refractivity contribution < 1.29 is 5.11 Å². The fourth-order valence-corrected chi connectivity index (χ4v) is 3.49. The molecule has 0 fully saturated rings. The molecule has 1 aromatic heterocycles. The van der Waals surface area contributed by atoms with E-state index in [1.807, 2.05) is 18.2 Å². The molecule has 2 heterocycles. The third-order valence-electron chi connectivity index (χ3n) is 4.10. The molecule has 0 spiro atoms. The molecular formula is C18H12Cl2N2O2. The molecule has 4 rings (SSSR count). The van der Waals surface area contributed by atoms with Gasteiger partial charge in [-0.1, -0.05) is 35.3 Å². The van der Waals surface area contributed by atoms with E-state index in [0.29, 0.717) is 39.7 Å². The Balaban J connectivity index is 1.92. The summed E-state index contributed by atoms with van der Waals surface area (Å²) in [5, 5.41) is 10.6. The lowest BCUT2D eigenvalue weighted by molar-refractivity contribution is 0.475. The molecule has 3 aromatic rings.